The molecule has 0 aromatic heterocycles. The first-order chi connectivity index (χ1) is 17.8. The van der Waals surface area contributed by atoms with Crippen LogP contribution in [0.3, 0.4) is 0 Å². The van der Waals surface area contributed by atoms with Gasteiger partial charge < -0.3 is 9.64 Å². The molecule has 1 N–H and O–H groups in total. The number of nitrogens with one attached hydrogen (secondary N) is 1. The van der Waals surface area contributed by atoms with Crippen LogP contribution in [0.5, 0.6) is 0 Å². The van der Waals surface area contributed by atoms with E-state index < -0.39 is 54.2 Å². The summed E-state index contributed by atoms with van der Waals surface area (Å²) in [6.07, 6.45) is -10.8. The van der Waals surface area contributed by atoms with Crippen LogP contribution < -0.4 is 5.32 Å². The number of carbonyl (C=O) groups is 1. The number of hydrogen-bond donors (Lipinski definition) is 1. The fourth-order valence-electron chi connectivity index (χ4n) is 5.17. The number of amides is 1. The Hall–Kier alpha value is -2.66. The van der Waals surface area contributed by atoms with Crippen LogP contribution in [0.25, 0.3) is 11.1 Å². The molecule has 4 rings (SSSR count). The van der Waals surface area contributed by atoms with Gasteiger partial charge in [0.2, 0.25) is 5.91 Å². The van der Waals surface area contributed by atoms with Crippen LogP contribution in [0.4, 0.5) is 30.7 Å². The zero-order valence-corrected chi connectivity index (χ0v) is 20.8. The molecule has 2 unspecified atom stereocenters. The molecule has 0 saturated carbocycles. The van der Waals surface area contributed by atoms with E-state index in [2.05, 4.69) is 5.32 Å². The Morgan fingerprint density at radius 2 is 1.58 bits per heavy atom. The van der Waals surface area contributed by atoms with E-state index in [1.165, 1.54) is 41.3 Å². The van der Waals surface area contributed by atoms with Gasteiger partial charge in [-0.2, -0.15) is 26.3 Å². The third kappa shape index (κ3) is 6.14. The second-order valence-corrected chi connectivity index (χ2v) is 10.2. The highest BCUT2D eigenvalue weighted by Crippen LogP contribution is 2.37. The normalized spacial score (nSPS) is 23.5. The van der Waals surface area contributed by atoms with Crippen LogP contribution in [0.2, 0.25) is 0 Å². The van der Waals surface area contributed by atoms with Crippen LogP contribution in [0.15, 0.2) is 48.5 Å². The quantitative estimate of drug-likeness (QED) is 0.414. The number of carbonyl (C=O) groups excluding carboxylic acids is 1. The number of halogens is 7. The Labute approximate surface area is 216 Å². The van der Waals surface area contributed by atoms with E-state index in [9.17, 15) is 35.5 Å². The van der Waals surface area contributed by atoms with Gasteiger partial charge in [0.05, 0.1) is 24.2 Å². The third-order valence-corrected chi connectivity index (χ3v) is 7.00. The molecular formula is C27H29F7N2O2. The van der Waals surface area contributed by atoms with Gasteiger partial charge in [-0.05, 0) is 47.6 Å². The van der Waals surface area contributed by atoms with Crippen molar-refractivity contribution in [2.75, 3.05) is 13.2 Å². The highest BCUT2D eigenvalue weighted by Gasteiger charge is 2.50. The molecule has 208 valence electrons. The van der Waals surface area contributed by atoms with E-state index in [4.69, 9.17) is 4.74 Å². The molecule has 5 atom stereocenters. The number of rotatable bonds is 7. The lowest BCUT2D eigenvalue weighted by atomic mass is 9.97. The average molecular weight is 547 g/mol. The van der Waals surface area contributed by atoms with E-state index >= 15 is 0 Å². The lowest BCUT2D eigenvalue weighted by molar-refractivity contribution is -0.162. The molecule has 0 spiro atoms. The second-order valence-electron chi connectivity index (χ2n) is 10.2. The largest absolute Gasteiger partial charge is 0.416 e. The Morgan fingerprint density at radius 1 is 1.00 bits per heavy atom. The molecule has 0 aliphatic carbocycles. The van der Waals surface area contributed by atoms with Crippen LogP contribution in [-0.2, 0) is 15.7 Å². The number of likely N-dealkylation sites (tertiary alicyclic amines) is 1. The molecule has 38 heavy (non-hydrogen) atoms. The molecule has 1 amide bonds. The molecule has 2 aromatic rings. The summed E-state index contributed by atoms with van der Waals surface area (Å²) < 4.78 is 101. The fourth-order valence-corrected chi connectivity index (χ4v) is 5.17. The van der Waals surface area contributed by atoms with Gasteiger partial charge >= 0.3 is 12.4 Å². The van der Waals surface area contributed by atoms with Gasteiger partial charge in [-0.25, -0.2) is 4.39 Å². The van der Waals surface area contributed by atoms with E-state index in [0.29, 0.717) is 17.5 Å². The monoisotopic (exact) mass is 546 g/mol. The molecule has 0 bridgehead atoms. The molecule has 2 heterocycles. The zero-order valence-electron chi connectivity index (χ0n) is 20.8. The van der Waals surface area contributed by atoms with E-state index in [-0.39, 0.29) is 31.1 Å². The molecule has 2 aromatic carbocycles. The highest BCUT2D eigenvalue weighted by atomic mass is 19.4. The first-order valence-electron chi connectivity index (χ1n) is 12.4. The summed E-state index contributed by atoms with van der Waals surface area (Å²) in [6.45, 7) is 3.64. The van der Waals surface area contributed by atoms with Crippen LogP contribution in [0.1, 0.15) is 43.9 Å². The Balaban J connectivity index is 1.56. The van der Waals surface area contributed by atoms with Crippen molar-refractivity contribution in [3.05, 3.63) is 59.7 Å². The summed E-state index contributed by atoms with van der Waals surface area (Å²) in [7, 11) is 0. The topological polar surface area (TPSA) is 41.6 Å². The van der Waals surface area contributed by atoms with Gasteiger partial charge in [-0.1, -0.05) is 50.2 Å². The zero-order chi connectivity index (χ0) is 27.8. The fraction of sp³-hybridized carbons (Fsp3) is 0.519. The van der Waals surface area contributed by atoms with Crippen LogP contribution >= 0.6 is 0 Å². The lowest BCUT2D eigenvalue weighted by Gasteiger charge is -2.32. The number of fused-ring (bicyclic) bond motifs is 1. The molecule has 2 aliphatic heterocycles. The molecule has 4 nitrogen and oxygen atoms in total. The van der Waals surface area contributed by atoms with Gasteiger partial charge in [-0.15, -0.1) is 0 Å². The summed E-state index contributed by atoms with van der Waals surface area (Å²) in [5, 5.41) is 2.49. The van der Waals surface area contributed by atoms with Crippen molar-refractivity contribution >= 4 is 5.91 Å². The van der Waals surface area contributed by atoms with Gasteiger partial charge in [0, 0.05) is 6.61 Å². The van der Waals surface area contributed by atoms with E-state index in [0.717, 1.165) is 12.1 Å². The lowest BCUT2D eigenvalue weighted by Crippen LogP contribution is -2.52. The summed E-state index contributed by atoms with van der Waals surface area (Å²) in [4.78, 5) is 14.7. The minimum absolute atomic E-state index is 0.112. The summed E-state index contributed by atoms with van der Waals surface area (Å²) >= 11 is 0. The van der Waals surface area contributed by atoms with Crippen molar-refractivity contribution in [1.29, 1.82) is 0 Å². The SMILES string of the molecule is CC(C)CC(NC(c1ccc(-c2ccc(C(F)(F)F)cc2)cc1)C(F)(F)F)C(=O)N1C[C@H](F)[C@H]2OCC[C@H]21. The number of alkyl halides is 7. The van der Waals surface area contributed by atoms with Crippen molar-refractivity contribution in [1.82, 2.24) is 10.2 Å². The maximum atomic E-state index is 14.4. The predicted octanol–water partition coefficient (Wildman–Crippen LogP) is 6.32. The third-order valence-electron chi connectivity index (χ3n) is 7.00. The predicted molar refractivity (Wildman–Crippen MR) is 127 cm³/mol. The average Bonchev–Trinajstić information content (AvgIpc) is 3.44. The minimum atomic E-state index is -4.75. The summed E-state index contributed by atoms with van der Waals surface area (Å²) in [5.41, 5.74) is -0.122. The number of hydrogen-bond acceptors (Lipinski definition) is 3. The molecular weight excluding hydrogens is 517 g/mol. The Morgan fingerprint density at radius 3 is 2.11 bits per heavy atom. The van der Waals surface area contributed by atoms with Gasteiger partial charge in [0.25, 0.3) is 0 Å². The van der Waals surface area contributed by atoms with Gasteiger partial charge in [-0.3, -0.25) is 10.1 Å². The highest BCUT2D eigenvalue weighted by molar-refractivity contribution is 5.83. The second kappa shape index (κ2) is 10.8. The number of benzene rings is 2. The van der Waals surface area contributed by atoms with Gasteiger partial charge in [0.1, 0.15) is 18.3 Å². The smallest absolute Gasteiger partial charge is 0.373 e. The van der Waals surface area contributed by atoms with Crippen molar-refractivity contribution in [2.45, 2.75) is 69.4 Å². The minimum Gasteiger partial charge on any atom is -0.373 e. The van der Waals surface area contributed by atoms with Crippen molar-refractivity contribution in [3.63, 3.8) is 0 Å². The van der Waals surface area contributed by atoms with E-state index in [1.54, 1.807) is 13.8 Å². The molecule has 11 heteroatoms. The molecule has 2 aliphatic rings. The number of ether oxygens (including phenoxy) is 1. The molecule has 2 saturated heterocycles. The van der Waals surface area contributed by atoms with Crippen molar-refractivity contribution < 1.29 is 40.3 Å². The Kier molecular flexibility index (Phi) is 8.09. The maximum absolute atomic E-state index is 14.4. The van der Waals surface area contributed by atoms with Crippen LogP contribution in [-0.4, -0.2) is 54.5 Å². The standard InChI is InChI=1S/C27H29F7N2O2/c1-15(2)13-21(25(37)36-14-20(28)23-22(36)11-12-38-23)35-24(27(32,33)34)18-5-3-16(4-6-18)17-7-9-19(10-8-17)26(29,30)31/h3-10,15,20-24,35H,11-14H2,1-2H3/t20-,21?,22+,23+,24?/m0/s1. The molecule has 0 radical (unpaired) electrons. The first-order valence-corrected chi connectivity index (χ1v) is 12.4. The Bertz CT molecular complexity index is 1100. The summed E-state index contributed by atoms with van der Waals surface area (Å²) in [5.74, 6) is -0.707. The maximum Gasteiger partial charge on any atom is 0.416 e. The van der Waals surface area contributed by atoms with Crippen molar-refractivity contribution in [3.8, 4) is 11.1 Å². The van der Waals surface area contributed by atoms with E-state index in [1.807, 2.05) is 0 Å². The number of nitrogens with zero attached hydrogens (tertiary/aromatic N) is 1. The summed E-state index contributed by atoms with van der Waals surface area (Å²) in [6, 6.07) is 5.70. The van der Waals surface area contributed by atoms with Gasteiger partial charge in [0.15, 0.2) is 0 Å². The van der Waals surface area contributed by atoms with Crippen LogP contribution in [0, 0.1) is 5.92 Å². The van der Waals surface area contributed by atoms with Crippen molar-refractivity contribution in [2.24, 2.45) is 5.92 Å². The first kappa shape index (κ1) is 28.4. The molecule has 2 fully saturated rings.